The van der Waals surface area contributed by atoms with E-state index in [1.165, 1.54) is 16.7 Å². The Labute approximate surface area is 289 Å². The Balaban J connectivity index is 1.25. The molecular formula is C38H47N5O5S. The maximum absolute atomic E-state index is 14.3. The van der Waals surface area contributed by atoms with E-state index >= 15 is 0 Å². The Morgan fingerprint density at radius 2 is 2.06 bits per heavy atom. The Kier molecular flexibility index (Phi) is 9.75. The van der Waals surface area contributed by atoms with Gasteiger partial charge < -0.3 is 14.4 Å². The highest BCUT2D eigenvalue weighted by molar-refractivity contribution is 7.94. The standard InChI is InChI=1S/C38H47N5O5S/c1-27-9-13-33-28(21-27)7-6-16-38(33)25-42-23-30-10-12-32(30)35(47-2)8-4-3-5-20-49(46,24-31(44)15-18-43-19-17-39-41-43)40-37(45)29-11-14-36(48-26-38)34(42)22-29/h4,8-9,11,13-14,17,19,21-22,30,32,35H,3,5-7,10,12,15-16,18,20,23-26H2,1-2H3/b8-4+/t30-,32+,35-,38-,49+/m0/s1. The third-order valence-corrected chi connectivity index (χ3v) is 13.2. The van der Waals surface area contributed by atoms with Gasteiger partial charge >= 0.3 is 0 Å². The van der Waals surface area contributed by atoms with E-state index in [-0.39, 0.29) is 35.2 Å². The van der Waals surface area contributed by atoms with Gasteiger partial charge in [-0.15, -0.1) is 5.10 Å². The van der Waals surface area contributed by atoms with Crippen LogP contribution in [0.2, 0.25) is 0 Å². The molecule has 5 atom stereocenters. The number of carbonyl (C=O) groups is 2. The van der Waals surface area contributed by atoms with Crippen LogP contribution in [0.3, 0.4) is 0 Å². The number of fused-ring (bicyclic) bond motifs is 4. The molecule has 0 radical (unpaired) electrons. The van der Waals surface area contributed by atoms with E-state index in [1.807, 2.05) is 12.1 Å². The van der Waals surface area contributed by atoms with Gasteiger partial charge in [-0.05, 0) is 93.0 Å². The van der Waals surface area contributed by atoms with E-state index in [1.54, 1.807) is 30.3 Å². The number of allylic oxidation sites excluding steroid dienone is 1. The summed E-state index contributed by atoms with van der Waals surface area (Å²) in [5, 5.41) is 7.69. The summed E-state index contributed by atoms with van der Waals surface area (Å²) in [7, 11) is -1.38. The largest absolute Gasteiger partial charge is 0.490 e. The van der Waals surface area contributed by atoms with Gasteiger partial charge in [-0.25, -0.2) is 4.21 Å². The monoisotopic (exact) mass is 685 g/mol. The summed E-state index contributed by atoms with van der Waals surface area (Å²) in [6.45, 7) is 4.65. The molecule has 0 unspecified atom stereocenters. The summed E-state index contributed by atoms with van der Waals surface area (Å²) >= 11 is 0. The molecular weight excluding hydrogens is 639 g/mol. The lowest BCUT2D eigenvalue weighted by atomic mass is 9.68. The molecule has 0 N–H and O–H groups in total. The molecule has 3 heterocycles. The SMILES string of the molecule is CO[C@H]1/C=C/CCC[S@@](=O)(CC(=O)CCn2ccnn2)=NC(=O)c2ccc3c(c2)N(C[C@@H]2CC[C@H]21)C[C@@]1(CCCc2cc(C)ccc21)CO3. The van der Waals surface area contributed by atoms with Crippen molar-refractivity contribution in [3.63, 3.8) is 0 Å². The van der Waals surface area contributed by atoms with E-state index in [0.29, 0.717) is 43.4 Å². The molecule has 2 bridgehead atoms. The number of rotatable bonds is 6. The van der Waals surface area contributed by atoms with Crippen molar-refractivity contribution in [2.75, 3.05) is 43.2 Å². The van der Waals surface area contributed by atoms with E-state index in [9.17, 15) is 13.8 Å². The van der Waals surface area contributed by atoms with Crippen LogP contribution in [-0.4, -0.2) is 75.3 Å². The average molecular weight is 686 g/mol. The number of hydrogen-bond donors (Lipinski definition) is 0. The zero-order chi connectivity index (χ0) is 34.0. The Bertz CT molecular complexity index is 1850. The van der Waals surface area contributed by atoms with Crippen molar-refractivity contribution in [3.05, 3.63) is 83.2 Å². The molecule has 0 saturated heterocycles. The number of amides is 1. The van der Waals surface area contributed by atoms with Gasteiger partial charge in [0.1, 0.15) is 11.5 Å². The van der Waals surface area contributed by atoms with Gasteiger partial charge in [-0.1, -0.05) is 41.1 Å². The topological polar surface area (TPSA) is 116 Å². The predicted molar refractivity (Wildman–Crippen MR) is 190 cm³/mol. The fourth-order valence-corrected chi connectivity index (χ4v) is 10.2. The molecule has 7 rings (SSSR count). The fourth-order valence-electron chi connectivity index (χ4n) is 8.27. The minimum Gasteiger partial charge on any atom is -0.490 e. The zero-order valence-corrected chi connectivity index (χ0v) is 29.4. The Morgan fingerprint density at radius 3 is 2.86 bits per heavy atom. The normalized spacial score (nSPS) is 29.1. The van der Waals surface area contributed by atoms with Crippen molar-refractivity contribution in [2.24, 2.45) is 16.2 Å². The first kappa shape index (κ1) is 33.7. The molecule has 1 aromatic heterocycles. The van der Waals surface area contributed by atoms with Crippen LogP contribution in [0.15, 0.2) is 65.3 Å². The van der Waals surface area contributed by atoms with Gasteiger partial charge in [-0.2, -0.15) is 4.36 Å². The maximum atomic E-state index is 14.3. The molecule has 3 aromatic rings. The van der Waals surface area contributed by atoms with Crippen LogP contribution in [0.5, 0.6) is 5.75 Å². The van der Waals surface area contributed by atoms with Crippen molar-refractivity contribution in [3.8, 4) is 5.75 Å². The zero-order valence-electron chi connectivity index (χ0n) is 28.6. The van der Waals surface area contributed by atoms with Crippen LogP contribution in [0.4, 0.5) is 5.69 Å². The second-order valence-corrected chi connectivity index (χ2v) is 16.8. The van der Waals surface area contributed by atoms with Crippen LogP contribution < -0.4 is 9.64 Å². The van der Waals surface area contributed by atoms with E-state index < -0.39 is 15.6 Å². The first-order valence-electron chi connectivity index (χ1n) is 17.7. The molecule has 1 spiro atoms. The first-order valence-corrected chi connectivity index (χ1v) is 19.5. The number of benzene rings is 2. The van der Waals surface area contributed by atoms with Crippen LogP contribution in [0.1, 0.15) is 72.0 Å². The molecule has 1 saturated carbocycles. The van der Waals surface area contributed by atoms with Crippen molar-refractivity contribution < 1.29 is 23.3 Å². The lowest BCUT2D eigenvalue weighted by Crippen LogP contribution is -2.49. The van der Waals surface area contributed by atoms with Gasteiger partial charge in [0.15, 0.2) is 0 Å². The molecule has 4 aliphatic rings. The maximum Gasteiger partial charge on any atom is 0.285 e. The Hall–Kier alpha value is -3.83. The number of nitrogens with zero attached hydrogens (tertiary/aromatic N) is 5. The van der Waals surface area contributed by atoms with E-state index in [0.717, 1.165) is 56.6 Å². The summed E-state index contributed by atoms with van der Waals surface area (Å²) in [5.74, 6) is 0.664. The number of methoxy groups -OCH3 is 1. The highest BCUT2D eigenvalue weighted by Crippen LogP contribution is 2.46. The number of hydrogen-bond acceptors (Lipinski definition) is 8. The highest BCUT2D eigenvalue weighted by atomic mass is 32.2. The van der Waals surface area contributed by atoms with Gasteiger partial charge in [0.05, 0.1) is 40.1 Å². The summed E-state index contributed by atoms with van der Waals surface area (Å²) in [5.41, 5.74) is 5.09. The number of ether oxygens (including phenoxy) is 2. The minimum atomic E-state index is -3.16. The third kappa shape index (κ3) is 7.24. The van der Waals surface area contributed by atoms with Gasteiger partial charge in [0.25, 0.3) is 5.91 Å². The summed E-state index contributed by atoms with van der Waals surface area (Å²) in [6, 6.07) is 12.3. The number of ketones is 1. The molecule has 10 nitrogen and oxygen atoms in total. The van der Waals surface area contributed by atoms with E-state index in [2.05, 4.69) is 56.8 Å². The number of carbonyl (C=O) groups excluding carboxylic acids is 2. The fraction of sp³-hybridized carbons (Fsp3) is 0.526. The van der Waals surface area contributed by atoms with Crippen molar-refractivity contribution in [1.29, 1.82) is 0 Å². The van der Waals surface area contributed by atoms with Crippen LogP contribution in [-0.2, 0) is 37.6 Å². The number of aryl methyl sites for hydroxylation is 3. The molecule has 2 aliphatic carbocycles. The molecule has 11 heteroatoms. The van der Waals surface area contributed by atoms with Crippen LogP contribution in [0, 0.1) is 18.8 Å². The first-order chi connectivity index (χ1) is 23.7. The molecule has 2 aliphatic heterocycles. The molecule has 49 heavy (non-hydrogen) atoms. The minimum absolute atomic E-state index is 0.0120. The van der Waals surface area contributed by atoms with Gasteiger partial charge in [0, 0.05) is 56.1 Å². The number of Topliss-reactive ketones (excluding diaryl/α,β-unsaturated/α-hetero) is 1. The highest BCUT2D eigenvalue weighted by Gasteiger charge is 2.44. The summed E-state index contributed by atoms with van der Waals surface area (Å²) < 4.78 is 32.9. The molecule has 260 valence electrons. The average Bonchev–Trinajstić information content (AvgIpc) is 3.55. The van der Waals surface area contributed by atoms with Crippen molar-refractivity contribution in [2.45, 2.75) is 76.4 Å². The second-order valence-electron chi connectivity index (χ2n) is 14.4. The van der Waals surface area contributed by atoms with Gasteiger partial charge in [0.2, 0.25) is 0 Å². The molecule has 1 fully saturated rings. The number of aromatic nitrogens is 3. The summed E-state index contributed by atoms with van der Waals surface area (Å²) in [6.07, 6.45) is 14.2. The lowest BCUT2D eigenvalue weighted by Gasteiger charge is -2.46. The Morgan fingerprint density at radius 1 is 1.16 bits per heavy atom. The second kappa shape index (κ2) is 14.2. The molecule has 1 amide bonds. The number of anilines is 1. The smallest absolute Gasteiger partial charge is 0.285 e. The summed E-state index contributed by atoms with van der Waals surface area (Å²) in [4.78, 5) is 29.4. The van der Waals surface area contributed by atoms with Gasteiger partial charge in [-0.3, -0.25) is 14.3 Å². The van der Waals surface area contributed by atoms with Crippen molar-refractivity contribution in [1.82, 2.24) is 15.0 Å². The lowest BCUT2D eigenvalue weighted by molar-refractivity contribution is -0.116. The predicted octanol–water partition coefficient (Wildman–Crippen LogP) is 5.72. The van der Waals surface area contributed by atoms with Crippen LogP contribution >= 0.6 is 0 Å². The van der Waals surface area contributed by atoms with Crippen molar-refractivity contribution >= 4 is 27.1 Å². The quantitative estimate of drug-likeness (QED) is 0.303. The molecule has 2 aromatic carbocycles. The van der Waals surface area contributed by atoms with Crippen LogP contribution in [0.25, 0.3) is 0 Å². The van der Waals surface area contributed by atoms with E-state index in [4.69, 9.17) is 9.47 Å². The third-order valence-electron chi connectivity index (χ3n) is 11.0.